The van der Waals surface area contributed by atoms with Crippen LogP contribution < -0.4 is 5.59 Å². The fourth-order valence-electron chi connectivity index (χ4n) is 2.50. The first-order valence-corrected chi connectivity index (χ1v) is 8.10. The summed E-state index contributed by atoms with van der Waals surface area (Å²) >= 11 is 0. The summed E-state index contributed by atoms with van der Waals surface area (Å²) in [6.07, 6.45) is 2.78. The molecule has 0 atom stereocenters. The predicted octanol–water partition coefficient (Wildman–Crippen LogP) is 3.01. The molecule has 4 nitrogen and oxygen atoms in total. The van der Waals surface area contributed by atoms with Crippen LogP contribution in [0, 0.1) is 0 Å². The Kier molecular flexibility index (Phi) is 4.02. The summed E-state index contributed by atoms with van der Waals surface area (Å²) in [5, 5.41) is 0. The third-order valence-electron chi connectivity index (χ3n) is 4.79. The lowest BCUT2D eigenvalue weighted by Gasteiger charge is -2.32. The molecule has 5 heteroatoms. The van der Waals surface area contributed by atoms with Gasteiger partial charge in [0.2, 0.25) is 0 Å². The first-order valence-electron chi connectivity index (χ1n) is 8.10. The summed E-state index contributed by atoms with van der Waals surface area (Å²) in [6.45, 7) is 10.3. The van der Waals surface area contributed by atoms with Crippen LogP contribution in [0.3, 0.4) is 0 Å². The Morgan fingerprint density at radius 2 is 1.57 bits per heavy atom. The monoisotopic (exact) mass is 310 g/mol. The zero-order valence-corrected chi connectivity index (χ0v) is 14.5. The number of rotatable bonds is 3. The number of hydrogen-bond acceptors (Lipinski definition) is 4. The van der Waals surface area contributed by atoms with Gasteiger partial charge in [0, 0.05) is 11.8 Å². The summed E-state index contributed by atoms with van der Waals surface area (Å²) in [5.74, 6) is 0.694. The molecule has 23 heavy (non-hydrogen) atoms. The molecule has 2 aromatic rings. The van der Waals surface area contributed by atoms with Gasteiger partial charge in [-0.3, -0.25) is 0 Å². The van der Waals surface area contributed by atoms with E-state index in [1.54, 1.807) is 6.20 Å². The molecule has 1 aliphatic rings. The first-order chi connectivity index (χ1) is 10.8. The molecule has 0 amide bonds. The van der Waals surface area contributed by atoms with E-state index in [4.69, 9.17) is 9.31 Å². The Labute approximate surface area is 138 Å². The van der Waals surface area contributed by atoms with Crippen molar-refractivity contribution in [2.24, 2.45) is 0 Å². The Morgan fingerprint density at radius 1 is 0.957 bits per heavy atom. The largest absolute Gasteiger partial charge is 0.514 e. The fourth-order valence-corrected chi connectivity index (χ4v) is 2.50. The number of aromatic nitrogens is 2. The van der Waals surface area contributed by atoms with Crippen LogP contribution >= 0.6 is 0 Å². The van der Waals surface area contributed by atoms with Crippen molar-refractivity contribution in [3.05, 3.63) is 42.1 Å². The summed E-state index contributed by atoms with van der Waals surface area (Å²) in [5.41, 5.74) is 2.32. The Hall–Kier alpha value is -1.72. The van der Waals surface area contributed by atoms with Gasteiger partial charge < -0.3 is 9.31 Å². The van der Waals surface area contributed by atoms with Crippen molar-refractivity contribution in [1.82, 2.24) is 9.97 Å². The van der Waals surface area contributed by atoms with Gasteiger partial charge in [0.05, 0.1) is 16.8 Å². The van der Waals surface area contributed by atoms with E-state index in [-0.39, 0.29) is 11.2 Å². The van der Waals surface area contributed by atoms with E-state index in [2.05, 4.69) is 41.2 Å². The molecular weight excluding hydrogens is 287 g/mol. The van der Waals surface area contributed by atoms with Gasteiger partial charge in [0.15, 0.2) is 5.82 Å². The van der Waals surface area contributed by atoms with E-state index in [1.807, 2.05) is 33.8 Å². The maximum absolute atomic E-state index is 6.06. The standard InChI is InChI=1S/C18H23BN2O2/c1-6-13-7-9-14(10-8-13)16-20-12-11-15(21-16)19-22-17(2,3)18(4,5)23-19/h7-12H,6H2,1-5H3. The molecule has 1 aromatic heterocycles. The Bertz CT molecular complexity index is 682. The highest BCUT2D eigenvalue weighted by Crippen LogP contribution is 2.36. The van der Waals surface area contributed by atoms with Crippen LogP contribution in [0.2, 0.25) is 0 Å². The van der Waals surface area contributed by atoms with Crippen molar-refractivity contribution in [2.45, 2.75) is 52.2 Å². The van der Waals surface area contributed by atoms with Gasteiger partial charge in [0.25, 0.3) is 0 Å². The second-order valence-corrected chi connectivity index (χ2v) is 6.94. The Morgan fingerprint density at radius 3 is 2.13 bits per heavy atom. The molecule has 0 spiro atoms. The van der Waals surface area contributed by atoms with Crippen molar-refractivity contribution in [2.75, 3.05) is 0 Å². The summed E-state index contributed by atoms with van der Waals surface area (Å²) < 4.78 is 12.1. The smallest absolute Gasteiger partial charge is 0.398 e. The minimum atomic E-state index is -0.461. The third-order valence-corrected chi connectivity index (χ3v) is 4.79. The van der Waals surface area contributed by atoms with Crippen molar-refractivity contribution in [1.29, 1.82) is 0 Å². The molecule has 0 bridgehead atoms. The van der Waals surface area contributed by atoms with Crippen LogP contribution in [0.25, 0.3) is 11.4 Å². The SMILES string of the molecule is CCc1ccc(-c2nccc(B3OC(C)(C)C(C)(C)O3)n2)cc1. The maximum atomic E-state index is 6.06. The average molecular weight is 310 g/mol. The third kappa shape index (κ3) is 3.03. The fraction of sp³-hybridized carbons (Fsp3) is 0.444. The molecule has 2 heterocycles. The van der Waals surface area contributed by atoms with Crippen LogP contribution in [0.5, 0.6) is 0 Å². The quantitative estimate of drug-likeness (QED) is 0.818. The highest BCUT2D eigenvalue weighted by Gasteiger charge is 2.52. The van der Waals surface area contributed by atoms with Crippen LogP contribution in [0.4, 0.5) is 0 Å². The zero-order valence-electron chi connectivity index (χ0n) is 14.5. The second-order valence-electron chi connectivity index (χ2n) is 6.94. The molecule has 0 saturated carbocycles. The average Bonchev–Trinajstić information content (AvgIpc) is 2.76. The van der Waals surface area contributed by atoms with E-state index in [0.29, 0.717) is 5.82 Å². The van der Waals surface area contributed by atoms with E-state index < -0.39 is 7.12 Å². The van der Waals surface area contributed by atoms with Gasteiger partial charge >= 0.3 is 7.12 Å². The van der Waals surface area contributed by atoms with Crippen molar-refractivity contribution in [3.8, 4) is 11.4 Å². The highest BCUT2D eigenvalue weighted by atomic mass is 16.7. The van der Waals surface area contributed by atoms with Crippen LogP contribution in [0.1, 0.15) is 40.2 Å². The molecule has 0 radical (unpaired) electrons. The maximum Gasteiger partial charge on any atom is 0.514 e. The number of nitrogens with zero attached hydrogens (tertiary/aromatic N) is 2. The summed E-state index contributed by atoms with van der Waals surface area (Å²) in [4.78, 5) is 9.04. The van der Waals surface area contributed by atoms with Crippen molar-refractivity contribution >= 4 is 12.7 Å². The molecular formula is C18H23BN2O2. The molecule has 0 aliphatic carbocycles. The van der Waals surface area contributed by atoms with Crippen LogP contribution in [0.15, 0.2) is 36.5 Å². The lowest BCUT2D eigenvalue weighted by molar-refractivity contribution is 0.00578. The van der Waals surface area contributed by atoms with Gasteiger partial charge in [-0.15, -0.1) is 0 Å². The second kappa shape index (κ2) is 5.73. The molecule has 1 aromatic carbocycles. The Balaban J connectivity index is 1.88. The van der Waals surface area contributed by atoms with E-state index in [1.165, 1.54) is 5.56 Å². The van der Waals surface area contributed by atoms with E-state index >= 15 is 0 Å². The minimum absolute atomic E-state index is 0.369. The van der Waals surface area contributed by atoms with Crippen LogP contribution in [-0.4, -0.2) is 28.3 Å². The van der Waals surface area contributed by atoms with Crippen molar-refractivity contribution < 1.29 is 9.31 Å². The van der Waals surface area contributed by atoms with Gasteiger partial charge in [-0.05, 0) is 45.7 Å². The van der Waals surface area contributed by atoms with Gasteiger partial charge in [-0.25, -0.2) is 9.97 Å². The van der Waals surface area contributed by atoms with E-state index in [0.717, 1.165) is 17.6 Å². The minimum Gasteiger partial charge on any atom is -0.398 e. The van der Waals surface area contributed by atoms with Gasteiger partial charge in [-0.1, -0.05) is 31.2 Å². The topological polar surface area (TPSA) is 44.2 Å². The van der Waals surface area contributed by atoms with Crippen molar-refractivity contribution in [3.63, 3.8) is 0 Å². The van der Waals surface area contributed by atoms with E-state index in [9.17, 15) is 0 Å². The molecule has 0 N–H and O–H groups in total. The summed E-state index contributed by atoms with van der Waals surface area (Å²) in [6, 6.07) is 10.2. The normalized spacial score (nSPS) is 19.1. The first kappa shape index (κ1) is 16.2. The molecule has 1 fully saturated rings. The molecule has 3 rings (SSSR count). The molecule has 1 saturated heterocycles. The van der Waals surface area contributed by atoms with Crippen LogP contribution in [-0.2, 0) is 15.7 Å². The lowest BCUT2D eigenvalue weighted by atomic mass is 9.84. The number of hydrogen-bond donors (Lipinski definition) is 0. The predicted molar refractivity (Wildman–Crippen MR) is 92.6 cm³/mol. The highest BCUT2D eigenvalue weighted by molar-refractivity contribution is 6.61. The molecule has 120 valence electrons. The van der Waals surface area contributed by atoms with Gasteiger partial charge in [-0.2, -0.15) is 0 Å². The molecule has 1 aliphatic heterocycles. The number of benzene rings is 1. The lowest BCUT2D eigenvalue weighted by Crippen LogP contribution is -2.41. The van der Waals surface area contributed by atoms with Gasteiger partial charge in [0.1, 0.15) is 0 Å². The summed E-state index contributed by atoms with van der Waals surface area (Å²) in [7, 11) is -0.461. The zero-order chi connectivity index (χ0) is 16.7. The number of aryl methyl sites for hydroxylation is 1. The molecule has 0 unspecified atom stereocenters.